The third-order valence-corrected chi connectivity index (χ3v) is 4.90. The van der Waals surface area contributed by atoms with Gasteiger partial charge in [0.25, 0.3) is 11.6 Å². The summed E-state index contributed by atoms with van der Waals surface area (Å²) in [6.45, 7) is 2.52. The van der Waals surface area contributed by atoms with Crippen molar-refractivity contribution in [3.05, 3.63) is 39.4 Å². The number of ether oxygens (including phenoxy) is 1. The highest BCUT2D eigenvalue weighted by Crippen LogP contribution is 2.40. The van der Waals surface area contributed by atoms with Crippen molar-refractivity contribution < 1.29 is 24.4 Å². The number of nitro benzene ring substituents is 1. The average Bonchev–Trinajstić information content (AvgIpc) is 2.97. The number of amides is 1. The van der Waals surface area contributed by atoms with Crippen LogP contribution in [0.1, 0.15) is 40.0 Å². The number of rotatable bonds is 3. The Kier molecular flexibility index (Phi) is 4.23. The number of nitrogens with zero attached hydrogens (tertiary/aromatic N) is 2. The summed E-state index contributed by atoms with van der Waals surface area (Å²) in [5.41, 5.74) is -0.541. The van der Waals surface area contributed by atoms with Crippen molar-refractivity contribution in [1.29, 1.82) is 0 Å². The molecule has 1 aromatic rings. The second-order valence-corrected chi connectivity index (χ2v) is 6.42. The van der Waals surface area contributed by atoms with Gasteiger partial charge in [-0.1, -0.05) is 0 Å². The normalized spacial score (nSPS) is 19.4. The molecule has 0 unspecified atom stereocenters. The highest BCUT2D eigenvalue weighted by atomic mass is 16.6. The Morgan fingerprint density at radius 3 is 2.46 bits per heavy atom. The molecule has 2 aliphatic rings. The second kappa shape index (κ2) is 6.20. The molecule has 24 heavy (non-hydrogen) atoms. The number of carboxylic acids is 1. The first-order valence-corrected chi connectivity index (χ1v) is 7.80. The largest absolute Gasteiger partial charge is 0.478 e. The topological polar surface area (TPSA) is 110 Å². The SMILES string of the molecule is O=C(O)c1cc(C(=O)N2CCC3(CCOCC3)C2)cc([N+](=O)[O-])c1. The van der Waals surface area contributed by atoms with Crippen LogP contribution in [0.2, 0.25) is 0 Å². The highest BCUT2D eigenvalue weighted by Gasteiger charge is 2.41. The zero-order chi connectivity index (χ0) is 17.3. The summed E-state index contributed by atoms with van der Waals surface area (Å²) in [5.74, 6) is -1.65. The van der Waals surface area contributed by atoms with Crippen molar-refractivity contribution >= 4 is 17.6 Å². The molecule has 2 fully saturated rings. The summed E-state index contributed by atoms with van der Waals surface area (Å²) in [7, 11) is 0. The molecule has 1 spiro atoms. The van der Waals surface area contributed by atoms with Gasteiger partial charge in [0, 0.05) is 44.0 Å². The third kappa shape index (κ3) is 3.09. The molecule has 0 radical (unpaired) electrons. The Morgan fingerprint density at radius 2 is 1.83 bits per heavy atom. The van der Waals surface area contributed by atoms with Crippen molar-refractivity contribution in [2.75, 3.05) is 26.3 Å². The monoisotopic (exact) mass is 334 g/mol. The van der Waals surface area contributed by atoms with Crippen LogP contribution in [0.3, 0.4) is 0 Å². The van der Waals surface area contributed by atoms with Crippen LogP contribution in [0.5, 0.6) is 0 Å². The maximum absolute atomic E-state index is 12.7. The number of carbonyl (C=O) groups is 2. The van der Waals surface area contributed by atoms with Crippen LogP contribution in [-0.2, 0) is 4.74 Å². The van der Waals surface area contributed by atoms with Gasteiger partial charge in [-0.3, -0.25) is 14.9 Å². The molecule has 0 bridgehead atoms. The lowest BCUT2D eigenvalue weighted by atomic mass is 9.80. The Bertz CT molecular complexity index is 664. The van der Waals surface area contributed by atoms with E-state index < -0.39 is 16.6 Å². The van der Waals surface area contributed by atoms with Crippen LogP contribution in [0, 0.1) is 15.5 Å². The minimum Gasteiger partial charge on any atom is -0.478 e. The molecule has 0 saturated carbocycles. The van der Waals surface area contributed by atoms with Crippen molar-refractivity contribution in [2.45, 2.75) is 19.3 Å². The van der Waals surface area contributed by atoms with Gasteiger partial charge in [-0.25, -0.2) is 4.79 Å². The lowest BCUT2D eigenvalue weighted by molar-refractivity contribution is -0.384. The van der Waals surface area contributed by atoms with Gasteiger partial charge in [0.1, 0.15) is 0 Å². The van der Waals surface area contributed by atoms with Crippen molar-refractivity contribution in [3.8, 4) is 0 Å². The minimum absolute atomic E-state index is 0.0470. The van der Waals surface area contributed by atoms with E-state index >= 15 is 0 Å². The number of hydrogen-bond donors (Lipinski definition) is 1. The summed E-state index contributed by atoms with van der Waals surface area (Å²) >= 11 is 0. The lowest BCUT2D eigenvalue weighted by Crippen LogP contribution is -2.35. The van der Waals surface area contributed by atoms with Gasteiger partial charge in [-0.05, 0) is 30.7 Å². The number of non-ortho nitro benzene ring substituents is 1. The van der Waals surface area contributed by atoms with E-state index in [-0.39, 0.29) is 22.4 Å². The molecule has 1 N–H and O–H groups in total. The van der Waals surface area contributed by atoms with Crippen LogP contribution >= 0.6 is 0 Å². The molecule has 3 rings (SSSR count). The molecular weight excluding hydrogens is 316 g/mol. The van der Waals surface area contributed by atoms with Crippen molar-refractivity contribution in [2.24, 2.45) is 5.41 Å². The summed E-state index contributed by atoms with van der Waals surface area (Å²) in [5, 5.41) is 20.1. The lowest BCUT2D eigenvalue weighted by Gasteiger charge is -2.33. The molecule has 2 aliphatic heterocycles. The van der Waals surface area contributed by atoms with Gasteiger partial charge in [0.15, 0.2) is 0 Å². The van der Waals surface area contributed by atoms with E-state index in [1.807, 2.05) is 0 Å². The summed E-state index contributed by atoms with van der Waals surface area (Å²) in [4.78, 5) is 35.8. The zero-order valence-corrected chi connectivity index (χ0v) is 13.1. The predicted octanol–water partition coefficient (Wildman–Crippen LogP) is 1.94. The molecule has 8 nitrogen and oxygen atoms in total. The molecular formula is C16H18N2O6. The molecule has 8 heteroatoms. The minimum atomic E-state index is -1.30. The zero-order valence-electron chi connectivity index (χ0n) is 13.1. The van der Waals surface area contributed by atoms with E-state index in [1.165, 1.54) is 6.07 Å². The molecule has 2 heterocycles. The van der Waals surface area contributed by atoms with Crippen LogP contribution < -0.4 is 0 Å². The number of nitro groups is 1. The first kappa shape index (κ1) is 16.4. The van der Waals surface area contributed by atoms with E-state index in [0.717, 1.165) is 31.4 Å². The summed E-state index contributed by atoms with van der Waals surface area (Å²) < 4.78 is 5.38. The molecule has 1 aromatic carbocycles. The number of carboxylic acid groups (broad SMARTS) is 1. The summed E-state index contributed by atoms with van der Waals surface area (Å²) in [6.07, 6.45) is 2.67. The highest BCUT2D eigenvalue weighted by molar-refractivity contribution is 5.98. The predicted molar refractivity (Wildman–Crippen MR) is 83.1 cm³/mol. The smallest absolute Gasteiger partial charge is 0.335 e. The Hall–Kier alpha value is -2.48. The maximum atomic E-state index is 12.7. The Morgan fingerprint density at radius 1 is 1.17 bits per heavy atom. The van der Waals surface area contributed by atoms with E-state index in [4.69, 9.17) is 9.84 Å². The van der Waals surface area contributed by atoms with Crippen molar-refractivity contribution in [3.63, 3.8) is 0 Å². The fourth-order valence-corrected chi connectivity index (χ4v) is 3.47. The van der Waals surface area contributed by atoms with Crippen LogP contribution in [0.15, 0.2) is 18.2 Å². The van der Waals surface area contributed by atoms with Crippen LogP contribution in [0.25, 0.3) is 0 Å². The standard InChI is InChI=1S/C16H18N2O6/c19-14(17-4-1-16(10-17)2-5-24-6-3-16)11-7-12(15(20)21)9-13(8-11)18(22)23/h7-9H,1-6,10H2,(H,20,21). The van der Waals surface area contributed by atoms with Gasteiger partial charge in [0.2, 0.25) is 0 Å². The molecule has 0 aromatic heterocycles. The molecule has 1 amide bonds. The Labute approximate surface area is 138 Å². The fourth-order valence-electron chi connectivity index (χ4n) is 3.47. The van der Waals surface area contributed by atoms with Crippen LogP contribution in [0.4, 0.5) is 5.69 Å². The summed E-state index contributed by atoms with van der Waals surface area (Å²) in [6, 6.07) is 3.31. The van der Waals surface area contributed by atoms with Gasteiger partial charge in [0.05, 0.1) is 10.5 Å². The number of benzene rings is 1. The third-order valence-electron chi connectivity index (χ3n) is 4.90. The second-order valence-electron chi connectivity index (χ2n) is 6.42. The average molecular weight is 334 g/mol. The fraction of sp³-hybridized carbons (Fsp3) is 0.500. The molecule has 128 valence electrons. The number of aromatic carboxylic acids is 1. The molecule has 2 saturated heterocycles. The quantitative estimate of drug-likeness (QED) is 0.668. The molecule has 0 aliphatic carbocycles. The van der Waals surface area contributed by atoms with E-state index in [2.05, 4.69) is 0 Å². The number of carbonyl (C=O) groups excluding carboxylic acids is 1. The van der Waals surface area contributed by atoms with Gasteiger partial charge < -0.3 is 14.7 Å². The van der Waals surface area contributed by atoms with E-state index in [0.29, 0.717) is 26.3 Å². The van der Waals surface area contributed by atoms with E-state index in [1.54, 1.807) is 4.90 Å². The van der Waals surface area contributed by atoms with Crippen molar-refractivity contribution in [1.82, 2.24) is 4.90 Å². The molecule has 0 atom stereocenters. The van der Waals surface area contributed by atoms with E-state index in [9.17, 15) is 19.7 Å². The first-order valence-electron chi connectivity index (χ1n) is 7.80. The van der Waals surface area contributed by atoms with Gasteiger partial charge in [-0.2, -0.15) is 0 Å². The Balaban J connectivity index is 1.84. The number of likely N-dealkylation sites (tertiary alicyclic amines) is 1. The van der Waals surface area contributed by atoms with Gasteiger partial charge in [-0.15, -0.1) is 0 Å². The van der Waals surface area contributed by atoms with Gasteiger partial charge >= 0.3 is 5.97 Å². The van der Waals surface area contributed by atoms with Crippen LogP contribution in [-0.4, -0.2) is 53.1 Å². The number of hydrogen-bond acceptors (Lipinski definition) is 5. The maximum Gasteiger partial charge on any atom is 0.335 e. The first-order chi connectivity index (χ1) is 11.4.